The van der Waals surface area contributed by atoms with Gasteiger partial charge in [-0.1, -0.05) is 24.3 Å². The molecular weight excluding hydrogens is 172 g/mol. The van der Waals surface area contributed by atoms with Gasteiger partial charge >= 0.3 is 0 Å². The molecule has 0 spiro atoms. The number of allylic oxidation sites excluding steroid dienone is 2. The summed E-state index contributed by atoms with van der Waals surface area (Å²) in [5, 5.41) is 0. The molecule has 0 aromatic rings. The van der Waals surface area contributed by atoms with Crippen LogP contribution in [-0.2, 0) is 4.79 Å². The molecule has 76 valence electrons. The second kappa shape index (κ2) is 3.08. The summed E-state index contributed by atoms with van der Waals surface area (Å²) in [5.74, 6) is 1.01. The van der Waals surface area contributed by atoms with Crippen molar-refractivity contribution in [3.63, 3.8) is 0 Å². The van der Waals surface area contributed by atoms with E-state index in [1.807, 2.05) is 0 Å². The van der Waals surface area contributed by atoms with Gasteiger partial charge in [-0.05, 0) is 44.4 Å². The van der Waals surface area contributed by atoms with Crippen LogP contribution < -0.4 is 0 Å². The lowest BCUT2D eigenvalue weighted by atomic mass is 9.66. The van der Waals surface area contributed by atoms with E-state index in [0.717, 1.165) is 19.3 Å². The predicted molar refractivity (Wildman–Crippen MR) is 57.9 cm³/mol. The first-order valence-corrected chi connectivity index (χ1v) is 5.38. The van der Waals surface area contributed by atoms with E-state index in [1.165, 1.54) is 23.9 Å². The van der Waals surface area contributed by atoms with Crippen LogP contribution in [0.2, 0.25) is 0 Å². The molecule has 0 N–H and O–H groups in total. The van der Waals surface area contributed by atoms with E-state index < -0.39 is 0 Å². The third-order valence-electron chi connectivity index (χ3n) is 4.09. The highest BCUT2D eigenvalue weighted by atomic mass is 16.1. The van der Waals surface area contributed by atoms with Crippen molar-refractivity contribution in [2.24, 2.45) is 17.3 Å². The van der Waals surface area contributed by atoms with Crippen LogP contribution in [0.5, 0.6) is 0 Å². The van der Waals surface area contributed by atoms with Gasteiger partial charge in [0.15, 0.2) is 0 Å². The SMILES string of the molecule is C=C1CC2(C=O)CC1CCC2C(=C)C. The van der Waals surface area contributed by atoms with Crippen molar-refractivity contribution in [3.8, 4) is 0 Å². The number of carbonyl (C=O) groups excluding carboxylic acids is 1. The normalized spacial score (nSPS) is 41.1. The lowest BCUT2D eigenvalue weighted by Gasteiger charge is -2.36. The minimum Gasteiger partial charge on any atom is -0.303 e. The Hall–Kier alpha value is -0.850. The van der Waals surface area contributed by atoms with E-state index in [9.17, 15) is 4.79 Å². The van der Waals surface area contributed by atoms with Gasteiger partial charge in [0.2, 0.25) is 0 Å². The average molecular weight is 190 g/mol. The Morgan fingerprint density at radius 3 is 2.86 bits per heavy atom. The van der Waals surface area contributed by atoms with Gasteiger partial charge in [0.1, 0.15) is 6.29 Å². The van der Waals surface area contributed by atoms with Gasteiger partial charge in [0, 0.05) is 5.41 Å². The number of hydrogen-bond acceptors (Lipinski definition) is 1. The number of rotatable bonds is 2. The van der Waals surface area contributed by atoms with Gasteiger partial charge < -0.3 is 4.79 Å². The molecule has 1 heteroatoms. The van der Waals surface area contributed by atoms with Crippen molar-refractivity contribution in [1.82, 2.24) is 0 Å². The summed E-state index contributed by atoms with van der Waals surface area (Å²) in [6, 6.07) is 0. The Bertz CT molecular complexity index is 302. The standard InChI is InChI=1S/C13H18O/c1-9(2)12-5-4-11-7-13(12,8-14)6-10(11)3/h8,11-12H,1,3-7H2,2H3. The Balaban J connectivity index is 2.35. The fraction of sp³-hybridized carbons (Fsp3) is 0.615. The molecule has 3 atom stereocenters. The van der Waals surface area contributed by atoms with Crippen LogP contribution in [0, 0.1) is 17.3 Å². The van der Waals surface area contributed by atoms with E-state index >= 15 is 0 Å². The second-order valence-corrected chi connectivity index (χ2v) is 5.06. The molecule has 0 amide bonds. The van der Waals surface area contributed by atoms with Gasteiger partial charge in [-0.25, -0.2) is 0 Å². The van der Waals surface area contributed by atoms with Crippen LogP contribution in [0.25, 0.3) is 0 Å². The Kier molecular flexibility index (Phi) is 2.13. The fourth-order valence-corrected chi connectivity index (χ4v) is 3.38. The second-order valence-electron chi connectivity index (χ2n) is 5.06. The smallest absolute Gasteiger partial charge is 0.127 e. The van der Waals surface area contributed by atoms with Crippen molar-refractivity contribution in [2.75, 3.05) is 0 Å². The molecule has 14 heavy (non-hydrogen) atoms. The predicted octanol–water partition coefficient (Wildman–Crippen LogP) is 3.12. The van der Waals surface area contributed by atoms with Crippen LogP contribution in [0.1, 0.15) is 32.6 Å². The third-order valence-corrected chi connectivity index (χ3v) is 4.09. The zero-order chi connectivity index (χ0) is 10.3. The quantitative estimate of drug-likeness (QED) is 0.483. The van der Waals surface area contributed by atoms with Crippen molar-refractivity contribution in [1.29, 1.82) is 0 Å². The highest BCUT2D eigenvalue weighted by Crippen LogP contribution is 2.56. The monoisotopic (exact) mass is 190 g/mol. The fourth-order valence-electron chi connectivity index (χ4n) is 3.38. The molecule has 2 fully saturated rings. The van der Waals surface area contributed by atoms with E-state index in [4.69, 9.17) is 0 Å². The molecule has 0 aromatic carbocycles. The molecule has 0 aromatic heterocycles. The van der Waals surface area contributed by atoms with Gasteiger partial charge in [-0.15, -0.1) is 0 Å². The summed E-state index contributed by atoms with van der Waals surface area (Å²) in [4.78, 5) is 11.3. The van der Waals surface area contributed by atoms with Crippen molar-refractivity contribution >= 4 is 6.29 Å². The van der Waals surface area contributed by atoms with Crippen LogP contribution in [-0.4, -0.2) is 6.29 Å². The summed E-state index contributed by atoms with van der Waals surface area (Å²) in [5.41, 5.74) is 2.33. The van der Waals surface area contributed by atoms with E-state index in [1.54, 1.807) is 0 Å². The minimum absolute atomic E-state index is 0.133. The number of fused-ring (bicyclic) bond motifs is 2. The molecule has 1 nitrogen and oxygen atoms in total. The summed E-state index contributed by atoms with van der Waals surface area (Å²) in [6.45, 7) is 10.2. The van der Waals surface area contributed by atoms with Crippen LogP contribution in [0.15, 0.2) is 24.3 Å². The van der Waals surface area contributed by atoms with Gasteiger partial charge in [0.05, 0.1) is 0 Å². The van der Waals surface area contributed by atoms with Crippen LogP contribution in [0.4, 0.5) is 0 Å². The molecule has 2 saturated carbocycles. The first-order chi connectivity index (χ1) is 6.59. The lowest BCUT2D eigenvalue weighted by molar-refractivity contribution is -0.119. The zero-order valence-corrected chi connectivity index (χ0v) is 8.88. The maximum atomic E-state index is 11.3. The van der Waals surface area contributed by atoms with E-state index in [0.29, 0.717) is 11.8 Å². The largest absolute Gasteiger partial charge is 0.303 e. The number of aldehydes is 1. The zero-order valence-electron chi connectivity index (χ0n) is 8.88. The minimum atomic E-state index is -0.133. The summed E-state index contributed by atoms with van der Waals surface area (Å²) in [7, 11) is 0. The van der Waals surface area contributed by atoms with E-state index in [2.05, 4.69) is 20.1 Å². The molecule has 0 heterocycles. The first-order valence-electron chi connectivity index (χ1n) is 5.38. The maximum absolute atomic E-state index is 11.3. The van der Waals surface area contributed by atoms with Crippen molar-refractivity contribution < 1.29 is 4.79 Å². The van der Waals surface area contributed by atoms with Crippen LogP contribution in [0.3, 0.4) is 0 Å². The van der Waals surface area contributed by atoms with Gasteiger partial charge in [-0.2, -0.15) is 0 Å². The number of carbonyl (C=O) groups is 1. The Labute approximate surface area is 85.9 Å². The summed E-state index contributed by atoms with van der Waals surface area (Å²) >= 11 is 0. The molecule has 2 aliphatic carbocycles. The van der Waals surface area contributed by atoms with Crippen LogP contribution >= 0.6 is 0 Å². The van der Waals surface area contributed by atoms with Crippen molar-refractivity contribution in [3.05, 3.63) is 24.3 Å². The van der Waals surface area contributed by atoms with Gasteiger partial charge in [0.25, 0.3) is 0 Å². The van der Waals surface area contributed by atoms with E-state index in [-0.39, 0.29) is 5.41 Å². The topological polar surface area (TPSA) is 17.1 Å². The molecule has 0 aliphatic heterocycles. The lowest BCUT2D eigenvalue weighted by Crippen LogP contribution is -2.33. The molecule has 2 rings (SSSR count). The average Bonchev–Trinajstić information content (AvgIpc) is 2.40. The van der Waals surface area contributed by atoms with Gasteiger partial charge in [-0.3, -0.25) is 0 Å². The third kappa shape index (κ3) is 1.18. The molecule has 3 unspecified atom stereocenters. The highest BCUT2D eigenvalue weighted by Gasteiger charge is 2.50. The maximum Gasteiger partial charge on any atom is 0.127 e. The Morgan fingerprint density at radius 1 is 1.57 bits per heavy atom. The molecule has 0 saturated heterocycles. The molecule has 0 radical (unpaired) electrons. The Morgan fingerprint density at radius 2 is 2.29 bits per heavy atom. The summed E-state index contributed by atoms with van der Waals surface area (Å²) in [6.07, 6.45) is 5.42. The van der Waals surface area contributed by atoms with Crippen molar-refractivity contribution in [2.45, 2.75) is 32.6 Å². The first kappa shape index (κ1) is 9.70. The highest BCUT2D eigenvalue weighted by molar-refractivity contribution is 5.64. The molecule has 2 bridgehead atoms. The number of hydrogen-bond donors (Lipinski definition) is 0. The summed E-state index contributed by atoms with van der Waals surface area (Å²) < 4.78 is 0. The molecular formula is C13H18O. The molecule has 2 aliphatic rings.